The molecule has 0 radical (unpaired) electrons. The third kappa shape index (κ3) is 2.66. The van der Waals surface area contributed by atoms with Crippen molar-refractivity contribution in [2.75, 3.05) is 13.1 Å². The summed E-state index contributed by atoms with van der Waals surface area (Å²) in [5.41, 5.74) is 0. The van der Waals surface area contributed by atoms with Gasteiger partial charge in [0.05, 0.1) is 6.54 Å². The quantitative estimate of drug-likeness (QED) is 0.549. The average molecular weight is 227 g/mol. The Morgan fingerprint density at radius 1 is 1.40 bits per heavy atom. The van der Waals surface area contributed by atoms with Gasteiger partial charge in [0.25, 0.3) is 0 Å². The lowest BCUT2D eigenvalue weighted by Crippen LogP contribution is -2.56. The first-order chi connectivity index (χ1) is 7.31. The smallest absolute Gasteiger partial charge is 0.0576 e. The normalized spacial score (nSPS) is 40.5. The van der Waals surface area contributed by atoms with Gasteiger partial charge in [-0.1, -0.05) is 5.92 Å². The van der Waals surface area contributed by atoms with Crippen LogP contribution in [-0.4, -0.2) is 30.6 Å². The number of hydrogen-bond acceptors (Lipinski definition) is 2. The van der Waals surface area contributed by atoms with Gasteiger partial charge in [-0.15, -0.1) is 18.0 Å². The molecule has 0 aromatic heterocycles. The van der Waals surface area contributed by atoms with Crippen molar-refractivity contribution in [2.45, 2.75) is 43.1 Å². The molecule has 84 valence electrons. The molecule has 0 aromatic carbocycles. The highest BCUT2D eigenvalue weighted by molar-refractivity contribution is 6.20. The van der Waals surface area contributed by atoms with E-state index in [-0.39, 0.29) is 0 Å². The monoisotopic (exact) mass is 226 g/mol. The number of alkyl halides is 1. The summed E-state index contributed by atoms with van der Waals surface area (Å²) in [7, 11) is 0. The standard InChI is InChI=1S/C12H19ClN2/c1-2-6-14-11-5-7-15-12-8-9(13)3-4-10(11)12/h1,9-12,14-15H,3-8H2. The van der Waals surface area contributed by atoms with E-state index >= 15 is 0 Å². The van der Waals surface area contributed by atoms with Crippen LogP contribution in [0.3, 0.4) is 0 Å². The third-order valence-corrected chi connectivity index (χ3v) is 4.08. The van der Waals surface area contributed by atoms with E-state index in [1.807, 2.05) is 0 Å². The third-order valence-electron chi connectivity index (χ3n) is 3.68. The van der Waals surface area contributed by atoms with Gasteiger partial charge in [0.1, 0.15) is 0 Å². The van der Waals surface area contributed by atoms with Crippen LogP contribution in [0.25, 0.3) is 0 Å². The maximum absolute atomic E-state index is 6.20. The molecule has 2 aliphatic rings. The Morgan fingerprint density at radius 3 is 3.07 bits per heavy atom. The molecule has 0 amide bonds. The highest BCUT2D eigenvalue weighted by atomic mass is 35.5. The molecule has 1 aliphatic carbocycles. The topological polar surface area (TPSA) is 24.1 Å². The Morgan fingerprint density at radius 2 is 2.27 bits per heavy atom. The second-order valence-corrected chi connectivity index (χ2v) is 5.23. The predicted molar refractivity (Wildman–Crippen MR) is 64.0 cm³/mol. The largest absolute Gasteiger partial charge is 0.314 e. The van der Waals surface area contributed by atoms with E-state index < -0.39 is 0 Å². The number of rotatable bonds is 2. The van der Waals surface area contributed by atoms with Crippen molar-refractivity contribution in [3.8, 4) is 12.3 Å². The first-order valence-corrected chi connectivity index (χ1v) is 6.29. The van der Waals surface area contributed by atoms with E-state index in [0.29, 0.717) is 24.0 Å². The number of nitrogens with one attached hydrogen (secondary N) is 2. The van der Waals surface area contributed by atoms with Gasteiger partial charge < -0.3 is 10.6 Å². The molecule has 2 N–H and O–H groups in total. The molecule has 2 fully saturated rings. The summed E-state index contributed by atoms with van der Waals surface area (Å²) in [5.74, 6) is 3.39. The van der Waals surface area contributed by atoms with E-state index in [4.69, 9.17) is 18.0 Å². The van der Waals surface area contributed by atoms with E-state index in [9.17, 15) is 0 Å². The fraction of sp³-hybridized carbons (Fsp3) is 0.833. The molecule has 4 atom stereocenters. The van der Waals surface area contributed by atoms with E-state index in [2.05, 4.69) is 16.6 Å². The number of piperidine rings is 1. The molecule has 0 spiro atoms. The molecule has 0 bridgehead atoms. The summed E-state index contributed by atoms with van der Waals surface area (Å²) in [5, 5.41) is 7.41. The molecule has 2 rings (SSSR count). The van der Waals surface area contributed by atoms with Crippen molar-refractivity contribution < 1.29 is 0 Å². The van der Waals surface area contributed by atoms with Gasteiger partial charge in [-0.3, -0.25) is 0 Å². The Labute approximate surface area is 97.1 Å². The van der Waals surface area contributed by atoms with E-state index in [0.717, 1.165) is 25.3 Å². The lowest BCUT2D eigenvalue weighted by molar-refractivity contribution is 0.166. The van der Waals surface area contributed by atoms with Crippen molar-refractivity contribution in [2.24, 2.45) is 5.92 Å². The molecular formula is C12H19ClN2. The summed E-state index contributed by atoms with van der Waals surface area (Å²) in [6.07, 6.45) is 9.97. The summed E-state index contributed by atoms with van der Waals surface area (Å²) >= 11 is 6.20. The zero-order chi connectivity index (χ0) is 10.7. The SMILES string of the molecule is C#CCNC1CCNC2CC(Cl)CCC12. The number of terminal acetylenes is 1. The van der Waals surface area contributed by atoms with Crippen LogP contribution in [0, 0.1) is 18.3 Å². The van der Waals surface area contributed by atoms with Gasteiger partial charge in [-0.2, -0.15) is 0 Å². The maximum Gasteiger partial charge on any atom is 0.0576 e. The summed E-state index contributed by atoms with van der Waals surface area (Å²) < 4.78 is 0. The van der Waals surface area contributed by atoms with Gasteiger partial charge in [0.2, 0.25) is 0 Å². The fourth-order valence-electron chi connectivity index (χ4n) is 2.94. The lowest BCUT2D eigenvalue weighted by atomic mass is 9.76. The highest BCUT2D eigenvalue weighted by Gasteiger charge is 2.36. The Hall–Kier alpha value is -0.230. The summed E-state index contributed by atoms with van der Waals surface area (Å²) in [6.45, 7) is 1.78. The Balaban J connectivity index is 1.93. The van der Waals surface area contributed by atoms with Crippen LogP contribution in [0.1, 0.15) is 25.7 Å². The molecule has 2 nitrogen and oxygen atoms in total. The van der Waals surface area contributed by atoms with Gasteiger partial charge >= 0.3 is 0 Å². The number of hydrogen-bond donors (Lipinski definition) is 2. The first-order valence-electron chi connectivity index (χ1n) is 5.85. The van der Waals surface area contributed by atoms with Crippen LogP contribution in [-0.2, 0) is 0 Å². The number of fused-ring (bicyclic) bond motifs is 1. The van der Waals surface area contributed by atoms with E-state index in [1.54, 1.807) is 0 Å². The zero-order valence-electron chi connectivity index (χ0n) is 9.01. The predicted octanol–water partition coefficient (Wildman–Crippen LogP) is 1.35. The van der Waals surface area contributed by atoms with Gasteiger partial charge in [-0.25, -0.2) is 0 Å². The highest BCUT2D eigenvalue weighted by Crippen LogP contribution is 2.33. The van der Waals surface area contributed by atoms with Crippen molar-refractivity contribution in [3.05, 3.63) is 0 Å². The lowest BCUT2D eigenvalue weighted by Gasteiger charge is -2.43. The van der Waals surface area contributed by atoms with Crippen LogP contribution in [0.15, 0.2) is 0 Å². The van der Waals surface area contributed by atoms with Gasteiger partial charge in [0, 0.05) is 17.5 Å². The molecular weight excluding hydrogens is 208 g/mol. The summed E-state index contributed by atoms with van der Waals surface area (Å²) in [6, 6.07) is 1.20. The van der Waals surface area contributed by atoms with Crippen LogP contribution in [0.4, 0.5) is 0 Å². The van der Waals surface area contributed by atoms with Gasteiger partial charge in [-0.05, 0) is 38.1 Å². The minimum absolute atomic E-state index is 0.366. The van der Waals surface area contributed by atoms with Crippen LogP contribution >= 0.6 is 11.6 Å². The maximum atomic E-state index is 6.20. The Kier molecular flexibility index (Phi) is 3.91. The summed E-state index contributed by atoms with van der Waals surface area (Å²) in [4.78, 5) is 0. The molecule has 1 aliphatic heterocycles. The average Bonchev–Trinajstić information content (AvgIpc) is 2.25. The molecule has 1 saturated heterocycles. The van der Waals surface area contributed by atoms with Gasteiger partial charge in [0.15, 0.2) is 0 Å². The minimum atomic E-state index is 0.366. The minimum Gasteiger partial charge on any atom is -0.314 e. The molecule has 3 heteroatoms. The van der Waals surface area contributed by atoms with Crippen molar-refractivity contribution >= 4 is 11.6 Å². The zero-order valence-corrected chi connectivity index (χ0v) is 9.76. The molecule has 4 unspecified atom stereocenters. The second-order valence-electron chi connectivity index (χ2n) is 4.61. The molecule has 1 saturated carbocycles. The second kappa shape index (κ2) is 5.21. The first kappa shape index (κ1) is 11.3. The fourth-order valence-corrected chi connectivity index (χ4v) is 3.26. The molecule has 1 heterocycles. The van der Waals surface area contributed by atoms with Crippen molar-refractivity contribution in [3.63, 3.8) is 0 Å². The number of halogens is 1. The van der Waals surface area contributed by atoms with Crippen molar-refractivity contribution in [1.82, 2.24) is 10.6 Å². The van der Waals surface area contributed by atoms with Crippen molar-refractivity contribution in [1.29, 1.82) is 0 Å². The molecule has 0 aromatic rings. The van der Waals surface area contributed by atoms with Crippen LogP contribution < -0.4 is 10.6 Å². The molecule has 15 heavy (non-hydrogen) atoms. The van der Waals surface area contributed by atoms with Crippen LogP contribution in [0.2, 0.25) is 0 Å². The Bertz CT molecular complexity index is 248. The van der Waals surface area contributed by atoms with E-state index in [1.165, 1.54) is 12.8 Å². The van der Waals surface area contributed by atoms with Crippen LogP contribution in [0.5, 0.6) is 0 Å².